The Morgan fingerprint density at radius 3 is 2.82 bits per heavy atom. The van der Waals surface area contributed by atoms with Crippen LogP contribution in [0, 0.1) is 0 Å². The summed E-state index contributed by atoms with van der Waals surface area (Å²) in [6.07, 6.45) is 5.45. The molecule has 1 aromatic heterocycles. The first-order chi connectivity index (χ1) is 13.5. The molecule has 3 rings (SSSR count). The highest BCUT2D eigenvalue weighted by molar-refractivity contribution is 7.99. The monoisotopic (exact) mass is 420 g/mol. The number of halogens is 1. The van der Waals surface area contributed by atoms with Gasteiger partial charge in [-0.05, 0) is 31.0 Å². The number of nitrogens with zero attached hydrogens (tertiary/aromatic N) is 2. The normalized spacial score (nSPS) is 14.2. The lowest BCUT2D eigenvalue weighted by Gasteiger charge is -2.18. The van der Waals surface area contributed by atoms with Gasteiger partial charge in [0, 0.05) is 17.6 Å². The Bertz CT molecular complexity index is 970. The molecule has 1 heterocycles. The Labute approximate surface area is 171 Å². The van der Waals surface area contributed by atoms with Crippen molar-refractivity contribution in [3.8, 4) is 0 Å². The average molecular weight is 421 g/mol. The predicted octanol–water partition coefficient (Wildman–Crippen LogP) is 3.27. The van der Waals surface area contributed by atoms with Crippen LogP contribution in [0.25, 0.3) is 10.9 Å². The lowest BCUT2D eigenvalue weighted by atomic mass is 10.2. The molecule has 3 amide bonds. The zero-order valence-electron chi connectivity index (χ0n) is 15.2. The fraction of sp³-hybridized carbons (Fsp3) is 0.368. The van der Waals surface area contributed by atoms with E-state index in [4.69, 9.17) is 11.6 Å². The highest BCUT2D eigenvalue weighted by Gasteiger charge is 2.23. The van der Waals surface area contributed by atoms with Crippen molar-refractivity contribution in [2.75, 3.05) is 12.3 Å². The minimum absolute atomic E-state index is 0.0350. The van der Waals surface area contributed by atoms with Crippen LogP contribution < -0.4 is 16.2 Å². The second kappa shape index (κ2) is 9.25. The van der Waals surface area contributed by atoms with Crippen molar-refractivity contribution in [1.29, 1.82) is 0 Å². The van der Waals surface area contributed by atoms with E-state index < -0.39 is 11.9 Å². The van der Waals surface area contributed by atoms with Gasteiger partial charge in [-0.25, -0.2) is 9.78 Å². The number of hydrogen-bond donors (Lipinski definition) is 2. The zero-order valence-corrected chi connectivity index (χ0v) is 16.8. The Balaban J connectivity index is 1.85. The summed E-state index contributed by atoms with van der Waals surface area (Å²) >= 11 is 7.18. The smallest absolute Gasteiger partial charge is 0.321 e. The molecule has 0 unspecified atom stereocenters. The van der Waals surface area contributed by atoms with E-state index >= 15 is 0 Å². The van der Waals surface area contributed by atoms with E-state index in [2.05, 4.69) is 22.2 Å². The molecule has 2 aromatic rings. The lowest BCUT2D eigenvalue weighted by Crippen LogP contribution is -2.40. The summed E-state index contributed by atoms with van der Waals surface area (Å²) < 4.78 is 1.69. The third-order valence-electron chi connectivity index (χ3n) is 4.51. The van der Waals surface area contributed by atoms with Gasteiger partial charge < -0.3 is 5.32 Å². The molecule has 28 heavy (non-hydrogen) atoms. The number of fused-ring (bicyclic) bond motifs is 1. The van der Waals surface area contributed by atoms with Crippen LogP contribution in [-0.4, -0.2) is 33.8 Å². The van der Waals surface area contributed by atoms with E-state index in [1.165, 1.54) is 6.08 Å². The second-order valence-corrected chi connectivity index (χ2v) is 7.88. The number of amides is 3. The summed E-state index contributed by atoms with van der Waals surface area (Å²) in [5, 5.41) is 6.18. The maximum Gasteiger partial charge on any atom is 0.321 e. The third-order valence-corrected chi connectivity index (χ3v) is 5.70. The molecule has 1 fully saturated rings. The zero-order chi connectivity index (χ0) is 20.1. The summed E-state index contributed by atoms with van der Waals surface area (Å²) in [5.74, 6) is -0.503. The van der Waals surface area contributed by atoms with Crippen LogP contribution in [0.3, 0.4) is 0 Å². The van der Waals surface area contributed by atoms with Gasteiger partial charge in [0.05, 0.1) is 16.7 Å². The number of thioether (sulfide) groups is 1. The number of urea groups is 1. The molecule has 1 aliphatic carbocycles. The Hall–Kier alpha value is -2.32. The largest absolute Gasteiger partial charge is 0.334 e. The maximum absolute atomic E-state index is 13.1. The molecule has 1 aromatic carbocycles. The molecule has 148 valence electrons. The lowest BCUT2D eigenvalue weighted by molar-refractivity contribution is -0.117. The maximum atomic E-state index is 13.1. The summed E-state index contributed by atoms with van der Waals surface area (Å²) in [5.41, 5.74) is 0.374. The molecule has 2 N–H and O–H groups in total. The molecule has 9 heteroatoms. The van der Waals surface area contributed by atoms with Crippen molar-refractivity contribution < 1.29 is 9.59 Å². The number of carbonyl (C=O) groups excluding carboxylic acids is 2. The van der Waals surface area contributed by atoms with Crippen molar-refractivity contribution in [2.45, 2.75) is 36.9 Å². The van der Waals surface area contributed by atoms with Crippen LogP contribution in [0.4, 0.5) is 4.79 Å². The van der Waals surface area contributed by atoms with Gasteiger partial charge in [0.1, 0.15) is 0 Å². The van der Waals surface area contributed by atoms with Crippen LogP contribution in [0.15, 0.2) is 40.8 Å². The Morgan fingerprint density at radius 1 is 1.36 bits per heavy atom. The molecule has 0 atom stereocenters. The van der Waals surface area contributed by atoms with Crippen molar-refractivity contribution in [3.63, 3.8) is 0 Å². The molecule has 0 radical (unpaired) electrons. The van der Waals surface area contributed by atoms with E-state index in [1.807, 2.05) is 0 Å². The molecule has 1 aliphatic rings. The number of imide groups is 1. The molecule has 1 saturated carbocycles. The quantitative estimate of drug-likeness (QED) is 0.425. The third kappa shape index (κ3) is 4.74. The van der Waals surface area contributed by atoms with E-state index in [9.17, 15) is 14.4 Å². The van der Waals surface area contributed by atoms with Gasteiger partial charge in [-0.1, -0.05) is 42.3 Å². The fourth-order valence-electron chi connectivity index (χ4n) is 3.24. The minimum atomic E-state index is -0.586. The van der Waals surface area contributed by atoms with E-state index in [1.54, 1.807) is 22.8 Å². The van der Waals surface area contributed by atoms with Crippen LogP contribution in [0.1, 0.15) is 31.7 Å². The van der Waals surface area contributed by atoms with Gasteiger partial charge in [-0.15, -0.1) is 6.58 Å². The summed E-state index contributed by atoms with van der Waals surface area (Å²) in [6.45, 7) is 3.76. The van der Waals surface area contributed by atoms with Gasteiger partial charge in [0.2, 0.25) is 5.91 Å². The van der Waals surface area contributed by atoms with Crippen LogP contribution >= 0.6 is 23.4 Å². The van der Waals surface area contributed by atoms with Crippen LogP contribution in [0.2, 0.25) is 5.02 Å². The van der Waals surface area contributed by atoms with Gasteiger partial charge in [0.15, 0.2) is 5.16 Å². The molecule has 0 bridgehead atoms. The molecular formula is C19H21ClN4O3S. The first kappa shape index (κ1) is 20.4. The average Bonchev–Trinajstić information content (AvgIpc) is 3.18. The Kier molecular flexibility index (Phi) is 6.74. The van der Waals surface area contributed by atoms with Crippen molar-refractivity contribution in [2.24, 2.45) is 0 Å². The molecule has 0 aliphatic heterocycles. The first-order valence-corrected chi connectivity index (χ1v) is 10.4. The fourth-order valence-corrected chi connectivity index (χ4v) is 4.27. The highest BCUT2D eigenvalue weighted by Crippen LogP contribution is 2.32. The van der Waals surface area contributed by atoms with Crippen molar-refractivity contribution >= 4 is 46.2 Å². The predicted molar refractivity (Wildman–Crippen MR) is 111 cm³/mol. The van der Waals surface area contributed by atoms with Crippen LogP contribution in [-0.2, 0) is 4.79 Å². The number of rotatable bonds is 6. The van der Waals surface area contributed by atoms with Crippen molar-refractivity contribution in [3.05, 3.63) is 46.2 Å². The van der Waals surface area contributed by atoms with Gasteiger partial charge in [-0.2, -0.15) is 0 Å². The van der Waals surface area contributed by atoms with Gasteiger partial charge in [0.25, 0.3) is 5.56 Å². The summed E-state index contributed by atoms with van der Waals surface area (Å²) in [7, 11) is 0. The minimum Gasteiger partial charge on any atom is -0.334 e. The molecule has 0 spiro atoms. The summed E-state index contributed by atoms with van der Waals surface area (Å²) in [4.78, 5) is 41.3. The van der Waals surface area contributed by atoms with Gasteiger partial charge >= 0.3 is 6.03 Å². The summed E-state index contributed by atoms with van der Waals surface area (Å²) in [6, 6.07) is 4.49. The first-order valence-electron chi connectivity index (χ1n) is 9.02. The number of carbonyl (C=O) groups is 2. The number of hydrogen-bond acceptors (Lipinski definition) is 5. The number of benzene rings is 1. The SMILES string of the molecule is C=CCNC(=O)NC(=O)CSc1nc2cc(Cl)ccc2c(=O)n1C1CCCC1. The molecule has 7 nitrogen and oxygen atoms in total. The van der Waals surface area contributed by atoms with E-state index in [0.717, 1.165) is 37.4 Å². The highest BCUT2D eigenvalue weighted by atomic mass is 35.5. The van der Waals surface area contributed by atoms with E-state index in [-0.39, 0.29) is 23.9 Å². The number of nitrogens with one attached hydrogen (secondary N) is 2. The topological polar surface area (TPSA) is 93.1 Å². The molecular weight excluding hydrogens is 400 g/mol. The van der Waals surface area contributed by atoms with Crippen molar-refractivity contribution in [1.82, 2.24) is 20.2 Å². The van der Waals surface area contributed by atoms with Crippen LogP contribution in [0.5, 0.6) is 0 Å². The number of aromatic nitrogens is 2. The van der Waals surface area contributed by atoms with Gasteiger partial charge in [-0.3, -0.25) is 19.5 Å². The standard InChI is InChI=1S/C19H21ClN4O3S/c1-2-9-21-18(27)23-16(25)11-28-19-22-15-10-12(20)7-8-14(15)17(26)24(19)13-5-3-4-6-13/h2,7-8,10,13H,1,3-6,9,11H2,(H2,21,23,25,27). The second-order valence-electron chi connectivity index (χ2n) is 6.50. The molecule has 0 saturated heterocycles. The van der Waals surface area contributed by atoms with E-state index in [0.29, 0.717) is 21.1 Å². The Morgan fingerprint density at radius 2 is 2.11 bits per heavy atom.